The van der Waals surface area contributed by atoms with Crippen LogP contribution in [0, 0.1) is 0 Å². The first-order valence-corrected chi connectivity index (χ1v) is 5.05. The smallest absolute Gasteiger partial charge is 0.416 e. The van der Waals surface area contributed by atoms with Gasteiger partial charge in [-0.2, -0.15) is 13.2 Å². The molecule has 0 unspecified atom stereocenters. The van der Waals surface area contributed by atoms with Crippen molar-refractivity contribution in [3.05, 3.63) is 35.4 Å². The predicted molar refractivity (Wildman–Crippen MR) is 57.3 cm³/mol. The Morgan fingerprint density at radius 2 is 2.00 bits per heavy atom. The highest BCUT2D eigenvalue weighted by atomic mass is 19.4. The summed E-state index contributed by atoms with van der Waals surface area (Å²) in [6, 6.07) is 4.44. The number of nitrogens with one attached hydrogen (secondary N) is 1. The van der Waals surface area contributed by atoms with Crippen LogP contribution in [0.15, 0.2) is 24.3 Å². The quantitative estimate of drug-likeness (QED) is 0.882. The zero-order chi connectivity index (χ0) is 14.5. The molecule has 19 heavy (non-hydrogen) atoms. The molecule has 0 spiro atoms. The van der Waals surface area contributed by atoms with Gasteiger partial charge in [0.05, 0.1) is 12.2 Å². The fourth-order valence-corrected chi connectivity index (χ4v) is 1.25. The second-order valence-corrected chi connectivity index (χ2v) is 3.54. The number of carbonyl (C=O) groups excluding carboxylic acids is 1. The second kappa shape index (κ2) is 6.19. The molecule has 5 nitrogen and oxygen atoms in total. The third-order valence-corrected chi connectivity index (χ3v) is 2.00. The maximum atomic E-state index is 12.4. The number of alkyl halides is 3. The highest BCUT2D eigenvalue weighted by Gasteiger charge is 2.30. The fraction of sp³-hybridized carbons (Fsp3) is 0.273. The Labute approximate surface area is 106 Å². The lowest BCUT2D eigenvalue weighted by Crippen LogP contribution is -2.31. The zero-order valence-electron chi connectivity index (χ0n) is 9.53. The molecule has 2 N–H and O–H groups in total. The third kappa shape index (κ3) is 5.38. The van der Waals surface area contributed by atoms with E-state index in [1.165, 1.54) is 17.4 Å². The molecule has 0 radical (unpaired) electrons. The van der Waals surface area contributed by atoms with E-state index in [4.69, 9.17) is 9.84 Å². The molecule has 0 saturated carbocycles. The number of benzene rings is 1. The molecule has 8 heteroatoms. The molecule has 2 amide bonds. The van der Waals surface area contributed by atoms with Gasteiger partial charge in [-0.25, -0.2) is 4.79 Å². The lowest BCUT2D eigenvalue weighted by Gasteiger charge is -2.09. The van der Waals surface area contributed by atoms with Crippen LogP contribution in [0.2, 0.25) is 0 Å². The van der Waals surface area contributed by atoms with Crippen LogP contribution in [-0.2, 0) is 22.3 Å². The van der Waals surface area contributed by atoms with Gasteiger partial charge in [0.25, 0.3) is 5.91 Å². The summed E-state index contributed by atoms with van der Waals surface area (Å²) < 4.78 is 42.0. The minimum absolute atomic E-state index is 0.225. The summed E-state index contributed by atoms with van der Waals surface area (Å²) in [5.41, 5.74) is -0.582. The summed E-state index contributed by atoms with van der Waals surface area (Å²) in [5.74, 6) is -0.889. The van der Waals surface area contributed by atoms with E-state index in [1.54, 1.807) is 0 Å². The molecule has 0 bridgehead atoms. The third-order valence-electron chi connectivity index (χ3n) is 2.00. The summed E-state index contributed by atoms with van der Waals surface area (Å²) in [6.07, 6.45) is -5.97. The van der Waals surface area contributed by atoms with Gasteiger partial charge in [-0.1, -0.05) is 12.1 Å². The van der Waals surface area contributed by atoms with Crippen LogP contribution in [0.3, 0.4) is 0 Å². The van der Waals surface area contributed by atoms with Crippen LogP contribution >= 0.6 is 0 Å². The molecular formula is C11H10F3NO4. The normalized spacial score (nSPS) is 11.1. The van der Waals surface area contributed by atoms with Crippen LogP contribution < -0.4 is 5.32 Å². The first-order valence-electron chi connectivity index (χ1n) is 5.05. The lowest BCUT2D eigenvalue weighted by molar-refractivity contribution is -0.137. The number of hydrogen-bond acceptors (Lipinski definition) is 3. The van der Waals surface area contributed by atoms with Crippen molar-refractivity contribution in [1.29, 1.82) is 0 Å². The van der Waals surface area contributed by atoms with Crippen LogP contribution in [0.25, 0.3) is 0 Å². The van der Waals surface area contributed by atoms with Crippen molar-refractivity contribution in [1.82, 2.24) is 5.32 Å². The van der Waals surface area contributed by atoms with E-state index in [-0.39, 0.29) is 12.2 Å². The Kier molecular flexibility index (Phi) is 4.87. The van der Waals surface area contributed by atoms with Gasteiger partial charge in [-0.15, -0.1) is 0 Å². The fourth-order valence-electron chi connectivity index (χ4n) is 1.25. The van der Waals surface area contributed by atoms with E-state index in [9.17, 15) is 22.8 Å². The number of carboxylic acid groups (broad SMARTS) is 1. The van der Waals surface area contributed by atoms with E-state index in [2.05, 4.69) is 0 Å². The van der Waals surface area contributed by atoms with Gasteiger partial charge >= 0.3 is 12.3 Å². The molecule has 104 valence electrons. The molecule has 0 atom stereocenters. The van der Waals surface area contributed by atoms with Gasteiger partial charge in [0.2, 0.25) is 0 Å². The molecule has 0 heterocycles. The number of rotatable bonds is 4. The summed E-state index contributed by atoms with van der Waals surface area (Å²) in [5, 5.41) is 9.75. The van der Waals surface area contributed by atoms with E-state index in [0.29, 0.717) is 0 Å². The SMILES string of the molecule is O=C(O)NC(=O)COCc1cccc(C(F)(F)F)c1. The number of carbonyl (C=O) groups is 2. The number of ether oxygens (including phenoxy) is 1. The number of hydrogen-bond donors (Lipinski definition) is 2. The van der Waals surface area contributed by atoms with E-state index >= 15 is 0 Å². The summed E-state index contributed by atoms with van der Waals surface area (Å²) in [6.45, 7) is -0.778. The van der Waals surface area contributed by atoms with E-state index < -0.39 is 30.3 Å². The summed E-state index contributed by atoms with van der Waals surface area (Å²) >= 11 is 0. The molecule has 1 rings (SSSR count). The average Bonchev–Trinajstić information content (AvgIpc) is 2.27. The van der Waals surface area contributed by atoms with Crippen molar-refractivity contribution in [3.8, 4) is 0 Å². The largest absolute Gasteiger partial charge is 0.465 e. The van der Waals surface area contributed by atoms with Crippen molar-refractivity contribution in [2.24, 2.45) is 0 Å². The van der Waals surface area contributed by atoms with Gasteiger partial charge in [0, 0.05) is 0 Å². The van der Waals surface area contributed by atoms with Gasteiger partial charge in [-0.05, 0) is 17.7 Å². The Bertz CT molecular complexity index is 473. The highest BCUT2D eigenvalue weighted by Crippen LogP contribution is 2.29. The van der Waals surface area contributed by atoms with Crippen LogP contribution in [0.4, 0.5) is 18.0 Å². The van der Waals surface area contributed by atoms with E-state index in [1.807, 2.05) is 0 Å². The van der Waals surface area contributed by atoms with Crippen LogP contribution in [0.1, 0.15) is 11.1 Å². The van der Waals surface area contributed by atoms with E-state index in [0.717, 1.165) is 12.1 Å². The van der Waals surface area contributed by atoms with Crippen molar-refractivity contribution < 1.29 is 32.6 Å². The number of amides is 2. The van der Waals surface area contributed by atoms with Gasteiger partial charge in [0.15, 0.2) is 0 Å². The number of halogens is 3. The molecule has 0 fully saturated rings. The molecule has 0 aliphatic rings. The maximum Gasteiger partial charge on any atom is 0.416 e. The van der Waals surface area contributed by atoms with Gasteiger partial charge < -0.3 is 9.84 Å². The topological polar surface area (TPSA) is 75.6 Å². The molecule has 0 aliphatic carbocycles. The molecule has 0 aliphatic heterocycles. The van der Waals surface area contributed by atoms with Crippen molar-refractivity contribution in [2.45, 2.75) is 12.8 Å². The standard InChI is InChI=1S/C11H10F3NO4/c12-11(13,14)8-3-1-2-7(4-8)5-19-6-9(16)15-10(17)18/h1-4H,5-6H2,(H,15,16)(H,17,18). The Morgan fingerprint density at radius 1 is 1.32 bits per heavy atom. The zero-order valence-corrected chi connectivity index (χ0v) is 9.53. The lowest BCUT2D eigenvalue weighted by atomic mass is 10.1. The molecule has 1 aromatic carbocycles. The van der Waals surface area contributed by atoms with Gasteiger partial charge in [-0.3, -0.25) is 10.1 Å². The second-order valence-electron chi connectivity index (χ2n) is 3.54. The van der Waals surface area contributed by atoms with Crippen molar-refractivity contribution in [3.63, 3.8) is 0 Å². The monoisotopic (exact) mass is 277 g/mol. The van der Waals surface area contributed by atoms with Crippen molar-refractivity contribution >= 4 is 12.0 Å². The Hall–Kier alpha value is -2.09. The molecular weight excluding hydrogens is 267 g/mol. The first-order chi connectivity index (χ1) is 8.79. The summed E-state index contributed by atoms with van der Waals surface area (Å²) in [7, 11) is 0. The minimum atomic E-state index is -4.45. The van der Waals surface area contributed by atoms with Crippen LogP contribution in [0.5, 0.6) is 0 Å². The van der Waals surface area contributed by atoms with Gasteiger partial charge in [0.1, 0.15) is 6.61 Å². The Balaban J connectivity index is 2.50. The molecule has 0 saturated heterocycles. The molecule has 1 aromatic rings. The van der Waals surface area contributed by atoms with Crippen LogP contribution in [-0.4, -0.2) is 23.7 Å². The van der Waals surface area contributed by atoms with Crippen molar-refractivity contribution in [2.75, 3.05) is 6.61 Å². The summed E-state index contributed by atoms with van der Waals surface area (Å²) in [4.78, 5) is 21.0. The average molecular weight is 277 g/mol. The predicted octanol–water partition coefficient (Wildman–Crippen LogP) is 2.02. The minimum Gasteiger partial charge on any atom is -0.465 e. The highest BCUT2D eigenvalue weighted by molar-refractivity contribution is 5.91. The number of imide groups is 1. The first kappa shape index (κ1) is 15.0. The maximum absolute atomic E-state index is 12.4. The Morgan fingerprint density at radius 3 is 2.58 bits per heavy atom. The molecule has 0 aromatic heterocycles.